The molecule has 0 spiro atoms. The monoisotopic (exact) mass is 505 g/mol. The first-order valence-corrected chi connectivity index (χ1v) is 11.8. The quantitative estimate of drug-likeness (QED) is 0.491. The average molecular weight is 506 g/mol. The molecular formula is C27H24BrNO4. The first-order valence-electron chi connectivity index (χ1n) is 11.0. The molecule has 3 aromatic carbocycles. The van der Waals surface area contributed by atoms with Crippen LogP contribution in [0.4, 0.5) is 4.79 Å². The maximum Gasteiger partial charge on any atom is 0.409 e. The van der Waals surface area contributed by atoms with E-state index in [1.54, 1.807) is 0 Å². The van der Waals surface area contributed by atoms with Crippen molar-refractivity contribution in [3.8, 4) is 11.1 Å². The van der Waals surface area contributed by atoms with Gasteiger partial charge in [0.2, 0.25) is 0 Å². The number of carboxylic acid groups (broad SMARTS) is 1. The van der Waals surface area contributed by atoms with Crippen molar-refractivity contribution < 1.29 is 19.4 Å². The molecule has 5 rings (SSSR count). The zero-order valence-electron chi connectivity index (χ0n) is 18.3. The third-order valence-electron chi connectivity index (χ3n) is 6.98. The Kier molecular flexibility index (Phi) is 5.49. The van der Waals surface area contributed by atoms with E-state index < -0.39 is 17.5 Å². The van der Waals surface area contributed by atoms with Gasteiger partial charge in [-0.2, -0.15) is 0 Å². The fourth-order valence-electron chi connectivity index (χ4n) is 5.32. The molecule has 0 saturated carbocycles. The lowest BCUT2D eigenvalue weighted by Crippen LogP contribution is -2.41. The number of nitrogens with zero attached hydrogens (tertiary/aromatic N) is 1. The Morgan fingerprint density at radius 2 is 1.70 bits per heavy atom. The van der Waals surface area contributed by atoms with Crippen molar-refractivity contribution in [3.63, 3.8) is 0 Å². The van der Waals surface area contributed by atoms with Crippen LogP contribution < -0.4 is 0 Å². The van der Waals surface area contributed by atoms with Crippen LogP contribution in [0.2, 0.25) is 0 Å². The molecule has 1 fully saturated rings. The molecule has 5 nitrogen and oxygen atoms in total. The van der Waals surface area contributed by atoms with E-state index >= 15 is 0 Å². The molecule has 1 aliphatic heterocycles. The van der Waals surface area contributed by atoms with Gasteiger partial charge in [0.25, 0.3) is 0 Å². The molecule has 6 heteroatoms. The highest BCUT2D eigenvalue weighted by atomic mass is 79.9. The van der Waals surface area contributed by atoms with Crippen molar-refractivity contribution in [3.05, 3.63) is 93.5 Å². The minimum absolute atomic E-state index is 0.0260. The van der Waals surface area contributed by atoms with Crippen LogP contribution in [0.15, 0.2) is 71.2 Å². The lowest BCUT2D eigenvalue weighted by molar-refractivity contribution is -0.143. The summed E-state index contributed by atoms with van der Waals surface area (Å²) in [5.41, 5.74) is 5.15. The Balaban J connectivity index is 1.34. The lowest BCUT2D eigenvalue weighted by atomic mass is 9.77. The number of likely N-dealkylation sites (tertiary alicyclic amines) is 1. The molecule has 2 aliphatic rings. The Bertz CT molecular complexity index is 1210. The Hall–Kier alpha value is -3.12. The maximum absolute atomic E-state index is 13.0. The topological polar surface area (TPSA) is 66.8 Å². The van der Waals surface area contributed by atoms with Crippen LogP contribution in [0, 0.1) is 6.92 Å². The molecular weight excluding hydrogens is 482 g/mol. The summed E-state index contributed by atoms with van der Waals surface area (Å²) in [6.07, 6.45) is -0.107. The van der Waals surface area contributed by atoms with Gasteiger partial charge in [0.15, 0.2) is 0 Å². The molecule has 1 atom stereocenters. The van der Waals surface area contributed by atoms with E-state index in [4.69, 9.17) is 4.74 Å². The normalized spacial score (nSPS) is 19.3. The van der Waals surface area contributed by atoms with Gasteiger partial charge in [-0.15, -0.1) is 0 Å². The number of rotatable bonds is 4. The maximum atomic E-state index is 13.0. The van der Waals surface area contributed by atoms with E-state index in [2.05, 4.69) is 40.2 Å². The molecule has 1 saturated heterocycles. The summed E-state index contributed by atoms with van der Waals surface area (Å²) < 4.78 is 6.67. The number of halogens is 1. The third-order valence-corrected chi connectivity index (χ3v) is 7.47. The number of hydrogen-bond donors (Lipinski definition) is 1. The number of carbonyl (C=O) groups is 2. The molecule has 33 heavy (non-hydrogen) atoms. The van der Waals surface area contributed by atoms with Crippen LogP contribution in [-0.2, 0) is 14.9 Å². The molecule has 3 aromatic rings. The second-order valence-corrected chi connectivity index (χ2v) is 9.74. The van der Waals surface area contributed by atoms with Gasteiger partial charge in [-0.1, -0.05) is 70.5 Å². The number of benzene rings is 3. The van der Waals surface area contributed by atoms with Crippen molar-refractivity contribution in [2.45, 2.75) is 24.7 Å². The summed E-state index contributed by atoms with van der Waals surface area (Å²) in [7, 11) is 0. The number of aryl methyl sites for hydroxylation is 1. The third kappa shape index (κ3) is 3.62. The first kappa shape index (κ1) is 21.7. The molecule has 0 bridgehead atoms. The number of fused-ring (bicyclic) bond motifs is 3. The minimum atomic E-state index is -1.13. The van der Waals surface area contributed by atoms with Crippen LogP contribution in [0.5, 0.6) is 0 Å². The average Bonchev–Trinajstić information content (AvgIpc) is 3.39. The predicted octanol–water partition coefficient (Wildman–Crippen LogP) is 5.73. The molecule has 168 valence electrons. The summed E-state index contributed by atoms with van der Waals surface area (Å²) in [6, 6.07) is 22.0. The number of carbonyl (C=O) groups excluding carboxylic acids is 1. The molecule has 1 aliphatic carbocycles. The summed E-state index contributed by atoms with van der Waals surface area (Å²) >= 11 is 3.44. The van der Waals surface area contributed by atoms with E-state index in [-0.39, 0.29) is 19.1 Å². The minimum Gasteiger partial charge on any atom is -0.481 e. The van der Waals surface area contributed by atoms with Gasteiger partial charge < -0.3 is 14.7 Å². The Morgan fingerprint density at radius 3 is 2.30 bits per heavy atom. The van der Waals surface area contributed by atoms with Crippen molar-refractivity contribution in [1.29, 1.82) is 0 Å². The van der Waals surface area contributed by atoms with E-state index in [0.717, 1.165) is 26.7 Å². The van der Waals surface area contributed by atoms with Gasteiger partial charge in [-0.05, 0) is 58.9 Å². The summed E-state index contributed by atoms with van der Waals surface area (Å²) in [6.45, 7) is 2.57. The van der Waals surface area contributed by atoms with E-state index in [9.17, 15) is 14.7 Å². The number of amides is 1. The summed E-state index contributed by atoms with van der Waals surface area (Å²) in [5, 5.41) is 10.1. The van der Waals surface area contributed by atoms with Gasteiger partial charge in [0.1, 0.15) is 12.0 Å². The highest BCUT2D eigenvalue weighted by Crippen LogP contribution is 2.45. The second kappa shape index (κ2) is 8.34. The van der Waals surface area contributed by atoms with Gasteiger partial charge in [0, 0.05) is 23.5 Å². The summed E-state index contributed by atoms with van der Waals surface area (Å²) in [5.74, 6) is -0.941. The number of aliphatic carboxylic acids is 1. The molecule has 0 aromatic heterocycles. The smallest absolute Gasteiger partial charge is 0.409 e. The molecule has 1 heterocycles. The highest BCUT2D eigenvalue weighted by Gasteiger charge is 2.49. The fraction of sp³-hybridized carbons (Fsp3) is 0.259. The number of hydrogen-bond acceptors (Lipinski definition) is 3. The van der Waals surface area contributed by atoms with Gasteiger partial charge in [-0.3, -0.25) is 4.79 Å². The number of ether oxygens (including phenoxy) is 1. The fourth-order valence-corrected chi connectivity index (χ4v) is 5.80. The van der Waals surface area contributed by atoms with E-state index in [1.807, 2.05) is 49.4 Å². The lowest BCUT2D eigenvalue weighted by Gasteiger charge is -2.27. The standard InChI is InChI=1S/C27H24BrNO4/c1-17-14-18(28)10-11-24(17)27(25(30)31)12-13-29(16-27)26(32)33-15-23-21-8-4-2-6-19(21)20-7-3-5-9-22(20)23/h2-11,14,23H,12-13,15-16H2,1H3,(H,30,31). The first-order chi connectivity index (χ1) is 15.9. The number of carboxylic acids is 1. The zero-order valence-corrected chi connectivity index (χ0v) is 19.8. The van der Waals surface area contributed by atoms with Crippen molar-refractivity contribution in [2.75, 3.05) is 19.7 Å². The second-order valence-electron chi connectivity index (χ2n) is 8.82. The van der Waals surface area contributed by atoms with E-state index in [1.165, 1.54) is 16.0 Å². The molecule has 1 N–H and O–H groups in total. The van der Waals surface area contributed by atoms with E-state index in [0.29, 0.717) is 13.0 Å². The SMILES string of the molecule is Cc1cc(Br)ccc1C1(C(=O)O)CCN(C(=O)OCC2c3ccccc3-c3ccccc32)C1. The van der Waals surface area contributed by atoms with Gasteiger partial charge in [0.05, 0.1) is 0 Å². The van der Waals surface area contributed by atoms with Crippen LogP contribution >= 0.6 is 15.9 Å². The van der Waals surface area contributed by atoms with Crippen LogP contribution in [0.1, 0.15) is 34.6 Å². The summed E-state index contributed by atoms with van der Waals surface area (Å²) in [4.78, 5) is 26.9. The molecule has 0 radical (unpaired) electrons. The van der Waals surface area contributed by atoms with Crippen LogP contribution in [-0.4, -0.2) is 41.8 Å². The zero-order chi connectivity index (χ0) is 23.2. The molecule has 1 amide bonds. The van der Waals surface area contributed by atoms with Crippen molar-refractivity contribution >= 4 is 28.0 Å². The van der Waals surface area contributed by atoms with Crippen molar-refractivity contribution in [1.82, 2.24) is 4.90 Å². The van der Waals surface area contributed by atoms with Gasteiger partial charge in [-0.25, -0.2) is 4.79 Å². The van der Waals surface area contributed by atoms with Crippen molar-refractivity contribution in [2.24, 2.45) is 0 Å². The largest absolute Gasteiger partial charge is 0.481 e. The van der Waals surface area contributed by atoms with Crippen LogP contribution in [0.25, 0.3) is 11.1 Å². The van der Waals surface area contributed by atoms with Gasteiger partial charge >= 0.3 is 12.1 Å². The Morgan fingerprint density at radius 1 is 1.06 bits per heavy atom. The highest BCUT2D eigenvalue weighted by molar-refractivity contribution is 9.10. The van der Waals surface area contributed by atoms with Crippen LogP contribution in [0.3, 0.4) is 0 Å². The Labute approximate surface area is 201 Å². The predicted molar refractivity (Wildman–Crippen MR) is 129 cm³/mol. The molecule has 1 unspecified atom stereocenters.